The summed E-state index contributed by atoms with van der Waals surface area (Å²) in [6.45, 7) is 2.04. The first kappa shape index (κ1) is 11.7. The summed E-state index contributed by atoms with van der Waals surface area (Å²) in [6.07, 6.45) is 0. The van der Waals surface area contributed by atoms with Crippen LogP contribution in [-0.4, -0.2) is 9.55 Å². The largest absolute Gasteiger partial charge is 0.329 e. The zero-order valence-electron chi connectivity index (χ0n) is 10.3. The first-order valence-corrected chi connectivity index (χ1v) is 6.32. The van der Waals surface area contributed by atoms with Gasteiger partial charge < -0.3 is 4.98 Å². The van der Waals surface area contributed by atoms with Crippen LogP contribution in [0, 0.1) is 23.0 Å². The van der Waals surface area contributed by atoms with Crippen LogP contribution in [0.25, 0.3) is 16.7 Å². The highest BCUT2D eigenvalue weighted by Crippen LogP contribution is 2.22. The Bertz CT molecular complexity index is 865. The van der Waals surface area contributed by atoms with Gasteiger partial charge in [-0.25, -0.2) is 0 Å². The Balaban J connectivity index is 2.40. The zero-order chi connectivity index (χ0) is 13.4. The van der Waals surface area contributed by atoms with Gasteiger partial charge in [-0.05, 0) is 49.0 Å². The van der Waals surface area contributed by atoms with Crippen LogP contribution < -0.4 is 0 Å². The average Bonchev–Trinajstić information content (AvgIpc) is 2.74. The van der Waals surface area contributed by atoms with Crippen molar-refractivity contribution in [2.24, 2.45) is 0 Å². The van der Waals surface area contributed by atoms with Crippen LogP contribution in [0.3, 0.4) is 0 Å². The van der Waals surface area contributed by atoms with Crippen LogP contribution in [0.15, 0.2) is 42.5 Å². The van der Waals surface area contributed by atoms with Gasteiger partial charge in [0.2, 0.25) is 0 Å². The summed E-state index contributed by atoms with van der Waals surface area (Å²) in [6, 6.07) is 15.9. The van der Waals surface area contributed by atoms with Crippen molar-refractivity contribution in [2.75, 3.05) is 0 Å². The van der Waals surface area contributed by atoms with Gasteiger partial charge in [-0.2, -0.15) is 5.26 Å². The molecule has 0 atom stereocenters. The third-order valence-corrected chi connectivity index (χ3v) is 3.38. The number of nitrogens with zero attached hydrogens (tertiary/aromatic N) is 2. The number of hydrogen-bond donors (Lipinski definition) is 1. The Morgan fingerprint density at radius 3 is 2.74 bits per heavy atom. The summed E-state index contributed by atoms with van der Waals surface area (Å²) in [7, 11) is 0. The maximum atomic E-state index is 9.14. The van der Waals surface area contributed by atoms with Crippen molar-refractivity contribution in [3.05, 3.63) is 58.4 Å². The van der Waals surface area contributed by atoms with Crippen LogP contribution in [0.5, 0.6) is 0 Å². The smallest absolute Gasteiger partial charge is 0.182 e. The van der Waals surface area contributed by atoms with E-state index in [0.29, 0.717) is 10.3 Å². The Kier molecular flexibility index (Phi) is 2.69. The molecule has 0 aliphatic heterocycles. The van der Waals surface area contributed by atoms with Crippen LogP contribution in [0.4, 0.5) is 0 Å². The van der Waals surface area contributed by atoms with Gasteiger partial charge in [0.15, 0.2) is 4.77 Å². The van der Waals surface area contributed by atoms with Crippen molar-refractivity contribution in [1.29, 1.82) is 5.26 Å². The number of aromatic amines is 1. The minimum absolute atomic E-state index is 0.600. The monoisotopic (exact) mass is 265 g/mol. The molecule has 2 aromatic carbocycles. The fourth-order valence-corrected chi connectivity index (χ4v) is 2.55. The highest BCUT2D eigenvalue weighted by Gasteiger charge is 2.09. The summed E-state index contributed by atoms with van der Waals surface area (Å²) in [5.41, 5.74) is 4.50. The van der Waals surface area contributed by atoms with E-state index < -0.39 is 0 Å². The molecule has 92 valence electrons. The lowest BCUT2D eigenvalue weighted by molar-refractivity contribution is 1.06. The standard InChI is InChI=1S/C15H11N3S/c1-10-4-2-6-12(8-10)18-13-7-3-5-11(9-16)14(13)17-15(18)19/h2-8H,1H3,(H,17,19). The number of imidazole rings is 1. The van der Waals surface area contributed by atoms with Gasteiger partial charge in [0.05, 0.1) is 16.6 Å². The SMILES string of the molecule is Cc1cccc(-n2c(=S)[nH]c3c(C#N)cccc32)c1. The van der Waals surface area contributed by atoms with Gasteiger partial charge in [-0.15, -0.1) is 0 Å². The van der Waals surface area contributed by atoms with E-state index in [0.717, 1.165) is 16.7 Å². The molecule has 19 heavy (non-hydrogen) atoms. The number of hydrogen-bond acceptors (Lipinski definition) is 2. The van der Waals surface area contributed by atoms with E-state index in [9.17, 15) is 0 Å². The lowest BCUT2D eigenvalue weighted by Gasteiger charge is -2.05. The minimum Gasteiger partial charge on any atom is -0.329 e. The molecule has 0 spiro atoms. The first-order chi connectivity index (χ1) is 9.20. The lowest BCUT2D eigenvalue weighted by Crippen LogP contribution is -1.94. The van der Waals surface area contributed by atoms with Crippen molar-refractivity contribution in [2.45, 2.75) is 6.92 Å². The molecule has 4 heteroatoms. The maximum Gasteiger partial charge on any atom is 0.182 e. The predicted molar refractivity (Wildman–Crippen MR) is 77.9 cm³/mol. The van der Waals surface area contributed by atoms with E-state index in [-0.39, 0.29) is 0 Å². The number of aryl methyl sites for hydroxylation is 1. The Labute approximate surface area is 115 Å². The highest BCUT2D eigenvalue weighted by molar-refractivity contribution is 7.71. The van der Waals surface area contributed by atoms with E-state index >= 15 is 0 Å². The molecule has 1 aromatic heterocycles. The Morgan fingerprint density at radius 1 is 1.21 bits per heavy atom. The normalized spacial score (nSPS) is 10.5. The number of aromatic nitrogens is 2. The van der Waals surface area contributed by atoms with E-state index in [1.807, 2.05) is 41.8 Å². The number of para-hydroxylation sites is 1. The molecule has 1 N–H and O–H groups in total. The topological polar surface area (TPSA) is 44.5 Å². The molecular formula is C15H11N3S. The van der Waals surface area contributed by atoms with Crippen LogP contribution >= 0.6 is 12.2 Å². The molecule has 0 aliphatic carbocycles. The summed E-state index contributed by atoms with van der Waals surface area (Å²) in [5, 5.41) is 9.14. The zero-order valence-corrected chi connectivity index (χ0v) is 11.2. The second-order valence-electron chi connectivity index (χ2n) is 4.42. The number of benzene rings is 2. The van der Waals surface area contributed by atoms with Crippen LogP contribution in [-0.2, 0) is 0 Å². The quantitative estimate of drug-likeness (QED) is 0.679. The molecular weight excluding hydrogens is 254 g/mol. The fourth-order valence-electron chi connectivity index (χ4n) is 2.25. The maximum absolute atomic E-state index is 9.14. The molecule has 3 aromatic rings. The van der Waals surface area contributed by atoms with Gasteiger partial charge in [0.25, 0.3) is 0 Å². The first-order valence-electron chi connectivity index (χ1n) is 5.91. The second-order valence-corrected chi connectivity index (χ2v) is 4.80. The summed E-state index contributed by atoms with van der Waals surface area (Å²) in [5.74, 6) is 0. The molecule has 3 rings (SSSR count). The number of nitriles is 1. The lowest BCUT2D eigenvalue weighted by atomic mass is 10.2. The van der Waals surface area contributed by atoms with E-state index in [2.05, 4.69) is 17.1 Å². The molecule has 0 radical (unpaired) electrons. The van der Waals surface area contributed by atoms with Gasteiger partial charge >= 0.3 is 0 Å². The Morgan fingerprint density at radius 2 is 2.00 bits per heavy atom. The molecule has 1 heterocycles. The summed E-state index contributed by atoms with van der Waals surface area (Å²) < 4.78 is 2.56. The molecule has 3 nitrogen and oxygen atoms in total. The fraction of sp³-hybridized carbons (Fsp3) is 0.0667. The van der Waals surface area contributed by atoms with Crippen LogP contribution in [0.2, 0.25) is 0 Å². The Hall–Kier alpha value is -2.38. The molecule has 0 fully saturated rings. The number of rotatable bonds is 1. The average molecular weight is 265 g/mol. The van der Waals surface area contributed by atoms with Crippen LogP contribution in [0.1, 0.15) is 11.1 Å². The van der Waals surface area contributed by atoms with Gasteiger partial charge in [0.1, 0.15) is 6.07 Å². The number of nitrogens with one attached hydrogen (secondary N) is 1. The number of H-pyrrole nitrogens is 1. The third kappa shape index (κ3) is 1.85. The minimum atomic E-state index is 0.600. The van der Waals surface area contributed by atoms with E-state index in [1.54, 1.807) is 6.07 Å². The molecule has 0 amide bonds. The molecule has 0 aliphatic rings. The van der Waals surface area contributed by atoms with Crippen molar-refractivity contribution in [3.8, 4) is 11.8 Å². The van der Waals surface area contributed by atoms with Crippen molar-refractivity contribution in [1.82, 2.24) is 9.55 Å². The second kappa shape index (κ2) is 4.38. The third-order valence-electron chi connectivity index (χ3n) is 3.10. The van der Waals surface area contributed by atoms with Crippen molar-refractivity contribution < 1.29 is 0 Å². The highest BCUT2D eigenvalue weighted by atomic mass is 32.1. The van der Waals surface area contributed by atoms with Crippen molar-refractivity contribution >= 4 is 23.3 Å². The van der Waals surface area contributed by atoms with E-state index in [4.69, 9.17) is 17.5 Å². The van der Waals surface area contributed by atoms with Gasteiger partial charge in [-0.3, -0.25) is 4.57 Å². The summed E-state index contributed by atoms with van der Waals surface area (Å²) in [4.78, 5) is 3.12. The predicted octanol–water partition coefficient (Wildman–Crippen LogP) is 3.87. The molecule has 0 saturated carbocycles. The van der Waals surface area contributed by atoms with Crippen molar-refractivity contribution in [3.63, 3.8) is 0 Å². The number of fused-ring (bicyclic) bond motifs is 1. The molecule has 0 saturated heterocycles. The van der Waals surface area contributed by atoms with Gasteiger partial charge in [0, 0.05) is 5.69 Å². The van der Waals surface area contributed by atoms with Gasteiger partial charge in [-0.1, -0.05) is 18.2 Å². The summed E-state index contributed by atoms with van der Waals surface area (Å²) >= 11 is 5.38. The van der Waals surface area contributed by atoms with E-state index in [1.165, 1.54) is 5.56 Å². The molecule has 0 bridgehead atoms. The molecule has 0 unspecified atom stereocenters.